The maximum Gasteiger partial charge on any atom is 0.345 e. The summed E-state index contributed by atoms with van der Waals surface area (Å²) in [5.74, 6) is 0.229. The molecule has 148 valence electrons. The zero-order valence-electron chi connectivity index (χ0n) is 15.8. The number of likely N-dealkylation sites (N-methyl/N-ethyl adjacent to an activating group) is 1. The number of carbonyl (C=O) groups excluding carboxylic acids is 1. The van der Waals surface area contributed by atoms with E-state index >= 15 is 0 Å². The van der Waals surface area contributed by atoms with E-state index in [1.165, 1.54) is 27.3 Å². The van der Waals surface area contributed by atoms with Crippen LogP contribution in [0.2, 0.25) is 0 Å². The van der Waals surface area contributed by atoms with E-state index in [0.717, 1.165) is 4.31 Å². The molecule has 27 heavy (non-hydrogen) atoms. The molecule has 0 atom stereocenters. The largest absolute Gasteiger partial charge is 0.493 e. The molecule has 0 bridgehead atoms. The second-order valence-corrected chi connectivity index (χ2v) is 8.14. The number of nitrogens with one attached hydrogen (secondary N) is 1. The first kappa shape index (κ1) is 20.7. The average Bonchev–Trinajstić information content (AvgIpc) is 2.62. The summed E-state index contributed by atoms with van der Waals surface area (Å²) in [6, 6.07) is 4.80. The summed E-state index contributed by atoms with van der Waals surface area (Å²) in [5, 5.41) is 11.9. The summed E-state index contributed by atoms with van der Waals surface area (Å²) in [5.41, 5.74) is -0.506. The SMILES string of the molecule is COc1ccc(C2=NS(=O)(=O)N(C)C(C(=O)NC(C)(C)CO)=C2)cc1OC. The van der Waals surface area contributed by atoms with Crippen molar-refractivity contribution in [3.05, 3.63) is 35.5 Å². The Balaban J connectivity index is 2.50. The molecule has 1 heterocycles. The zero-order chi connectivity index (χ0) is 20.4. The van der Waals surface area contributed by atoms with Crippen LogP contribution in [0.3, 0.4) is 0 Å². The van der Waals surface area contributed by atoms with E-state index in [-0.39, 0.29) is 18.0 Å². The predicted octanol–water partition coefficient (Wildman–Crippen LogP) is 0.454. The molecule has 2 N–H and O–H groups in total. The van der Waals surface area contributed by atoms with Gasteiger partial charge >= 0.3 is 10.2 Å². The minimum Gasteiger partial charge on any atom is -0.493 e. The number of aliphatic hydroxyl groups is 1. The van der Waals surface area contributed by atoms with Gasteiger partial charge in [-0.2, -0.15) is 8.42 Å². The summed E-state index contributed by atoms with van der Waals surface area (Å²) in [4.78, 5) is 12.6. The number of ether oxygens (including phenoxy) is 2. The van der Waals surface area contributed by atoms with Crippen molar-refractivity contribution in [1.82, 2.24) is 9.62 Å². The number of hydrogen-bond donors (Lipinski definition) is 2. The van der Waals surface area contributed by atoms with Crippen molar-refractivity contribution >= 4 is 21.8 Å². The van der Waals surface area contributed by atoms with Crippen LogP contribution < -0.4 is 14.8 Å². The topological polar surface area (TPSA) is 118 Å². The zero-order valence-corrected chi connectivity index (χ0v) is 16.6. The Labute approximate surface area is 158 Å². The first-order valence-corrected chi connectivity index (χ1v) is 9.40. The highest BCUT2D eigenvalue weighted by molar-refractivity contribution is 7.88. The van der Waals surface area contributed by atoms with Crippen LogP contribution in [0, 0.1) is 0 Å². The van der Waals surface area contributed by atoms with E-state index in [1.807, 2.05) is 0 Å². The first-order valence-electron chi connectivity index (χ1n) is 8.01. The smallest absolute Gasteiger partial charge is 0.345 e. The van der Waals surface area contributed by atoms with Gasteiger partial charge in [-0.25, -0.2) is 4.31 Å². The van der Waals surface area contributed by atoms with Crippen molar-refractivity contribution < 1.29 is 27.8 Å². The highest BCUT2D eigenvalue weighted by Crippen LogP contribution is 2.29. The second-order valence-electron chi connectivity index (χ2n) is 6.52. The maximum absolute atomic E-state index is 12.6. The number of rotatable bonds is 6. The van der Waals surface area contributed by atoms with Gasteiger partial charge in [-0.3, -0.25) is 4.79 Å². The van der Waals surface area contributed by atoms with E-state index in [1.54, 1.807) is 32.0 Å². The van der Waals surface area contributed by atoms with Crippen molar-refractivity contribution in [2.45, 2.75) is 19.4 Å². The number of carbonyl (C=O) groups is 1. The third kappa shape index (κ3) is 4.40. The fraction of sp³-hybridized carbons (Fsp3) is 0.412. The first-order chi connectivity index (χ1) is 12.5. The van der Waals surface area contributed by atoms with Crippen LogP contribution >= 0.6 is 0 Å². The van der Waals surface area contributed by atoms with Crippen molar-refractivity contribution in [3.63, 3.8) is 0 Å². The van der Waals surface area contributed by atoms with Crippen LogP contribution in [0.25, 0.3) is 0 Å². The minimum absolute atomic E-state index is 0.0843. The van der Waals surface area contributed by atoms with Crippen LogP contribution in [-0.2, 0) is 15.0 Å². The number of benzene rings is 1. The molecule has 0 unspecified atom stereocenters. The van der Waals surface area contributed by atoms with Gasteiger partial charge in [0.15, 0.2) is 11.5 Å². The van der Waals surface area contributed by atoms with Crippen LogP contribution in [0.15, 0.2) is 34.4 Å². The number of hydrogen-bond acceptors (Lipinski definition) is 6. The Hall–Kier alpha value is -2.59. The Morgan fingerprint density at radius 1 is 1.26 bits per heavy atom. The van der Waals surface area contributed by atoms with E-state index in [4.69, 9.17) is 9.47 Å². The molecule has 0 saturated heterocycles. The lowest BCUT2D eigenvalue weighted by Gasteiger charge is -2.28. The third-order valence-electron chi connectivity index (χ3n) is 3.93. The predicted molar refractivity (Wildman–Crippen MR) is 100 cm³/mol. The summed E-state index contributed by atoms with van der Waals surface area (Å²) in [6.45, 7) is 2.93. The van der Waals surface area contributed by atoms with Gasteiger partial charge < -0.3 is 19.9 Å². The Kier molecular flexibility index (Phi) is 5.81. The molecule has 9 nitrogen and oxygen atoms in total. The average molecular weight is 397 g/mol. The van der Waals surface area contributed by atoms with Crippen LogP contribution in [0.1, 0.15) is 19.4 Å². The van der Waals surface area contributed by atoms with Crippen LogP contribution in [0.5, 0.6) is 11.5 Å². The second kappa shape index (κ2) is 7.57. The molecule has 0 aliphatic carbocycles. The number of allylic oxidation sites excluding steroid dienone is 1. The Morgan fingerprint density at radius 2 is 1.89 bits per heavy atom. The molecule has 10 heteroatoms. The maximum atomic E-state index is 12.6. The lowest BCUT2D eigenvalue weighted by molar-refractivity contribution is -0.120. The molecule has 2 rings (SSSR count). The lowest BCUT2D eigenvalue weighted by atomic mass is 10.1. The number of methoxy groups -OCH3 is 2. The van der Waals surface area contributed by atoms with E-state index in [9.17, 15) is 18.3 Å². The van der Waals surface area contributed by atoms with Crippen molar-refractivity contribution in [3.8, 4) is 11.5 Å². The third-order valence-corrected chi connectivity index (χ3v) is 5.25. The highest BCUT2D eigenvalue weighted by Gasteiger charge is 2.32. The minimum atomic E-state index is -4.09. The van der Waals surface area contributed by atoms with Gasteiger partial charge in [-0.15, -0.1) is 4.40 Å². The molecule has 1 aromatic rings. The summed E-state index contributed by atoms with van der Waals surface area (Å²) >= 11 is 0. The van der Waals surface area contributed by atoms with Gasteiger partial charge in [0.2, 0.25) is 0 Å². The van der Waals surface area contributed by atoms with Gasteiger partial charge in [-0.1, -0.05) is 0 Å². The monoisotopic (exact) mass is 397 g/mol. The molecule has 0 spiro atoms. The molecule has 0 saturated carbocycles. The van der Waals surface area contributed by atoms with Gasteiger partial charge in [0, 0.05) is 12.6 Å². The molecule has 1 amide bonds. The molecule has 1 aliphatic heterocycles. The molecular weight excluding hydrogens is 374 g/mol. The van der Waals surface area contributed by atoms with Crippen LogP contribution in [0.4, 0.5) is 0 Å². The van der Waals surface area contributed by atoms with E-state index in [0.29, 0.717) is 17.1 Å². The van der Waals surface area contributed by atoms with Crippen molar-refractivity contribution in [1.29, 1.82) is 0 Å². The van der Waals surface area contributed by atoms with E-state index < -0.39 is 21.7 Å². The molecule has 0 fully saturated rings. The Bertz CT molecular complexity index is 905. The van der Waals surface area contributed by atoms with Gasteiger partial charge in [0.05, 0.1) is 32.1 Å². The van der Waals surface area contributed by atoms with E-state index in [2.05, 4.69) is 9.71 Å². The number of nitrogens with zero attached hydrogens (tertiary/aromatic N) is 2. The fourth-order valence-electron chi connectivity index (χ4n) is 2.31. The highest BCUT2D eigenvalue weighted by atomic mass is 32.2. The Morgan fingerprint density at radius 3 is 2.44 bits per heavy atom. The molecular formula is C17H23N3O6S. The van der Waals surface area contributed by atoms with Crippen LogP contribution in [-0.4, -0.2) is 62.9 Å². The van der Waals surface area contributed by atoms with Gasteiger partial charge in [0.1, 0.15) is 5.70 Å². The molecule has 1 aliphatic rings. The summed E-state index contributed by atoms with van der Waals surface area (Å²) < 4.78 is 39.8. The van der Waals surface area contributed by atoms with Gasteiger partial charge in [-0.05, 0) is 38.1 Å². The molecule has 0 radical (unpaired) electrons. The van der Waals surface area contributed by atoms with Gasteiger partial charge in [0.25, 0.3) is 5.91 Å². The lowest BCUT2D eigenvalue weighted by Crippen LogP contribution is -2.49. The van der Waals surface area contributed by atoms with Crippen molar-refractivity contribution in [2.24, 2.45) is 4.40 Å². The standard InChI is InChI=1S/C17H23N3O6S/c1-17(2,10-21)18-16(22)13-9-12(19-27(23,24)20(13)3)11-6-7-14(25-4)15(8-11)26-5/h6-9,21H,10H2,1-5H3,(H,18,22). The molecule has 0 aromatic heterocycles. The molecule has 1 aromatic carbocycles. The number of aliphatic hydroxyl groups excluding tert-OH is 1. The van der Waals surface area contributed by atoms with Crippen molar-refractivity contribution in [2.75, 3.05) is 27.9 Å². The summed E-state index contributed by atoms with van der Waals surface area (Å²) in [7, 11) is 0.0900. The number of amides is 1. The normalized spacial score (nSPS) is 16.3. The quantitative estimate of drug-likeness (QED) is 0.720. The fourth-order valence-corrected chi connectivity index (χ4v) is 3.22. The summed E-state index contributed by atoms with van der Waals surface area (Å²) in [6.07, 6.45) is 1.37.